The van der Waals surface area contributed by atoms with Crippen molar-refractivity contribution in [2.24, 2.45) is 0 Å². The molecule has 0 saturated heterocycles. The van der Waals surface area contributed by atoms with Crippen LogP contribution in [-0.2, 0) is 0 Å². The number of para-hydroxylation sites is 2. The van der Waals surface area contributed by atoms with Gasteiger partial charge in [-0.3, -0.25) is 0 Å². The lowest BCUT2D eigenvalue weighted by Crippen LogP contribution is -1.95. The van der Waals surface area contributed by atoms with Gasteiger partial charge in [-0.25, -0.2) is 9.97 Å². The van der Waals surface area contributed by atoms with Crippen LogP contribution in [0.15, 0.2) is 176 Å². The minimum Gasteiger partial charge on any atom is -0.308 e. The molecule has 0 spiro atoms. The fraction of sp³-hybridized carbons (Fsp3) is 0. The third kappa shape index (κ3) is 4.37. The van der Waals surface area contributed by atoms with Crippen LogP contribution < -0.4 is 0 Å². The lowest BCUT2D eigenvalue weighted by molar-refractivity contribution is 1.23. The van der Waals surface area contributed by atoms with Gasteiger partial charge < -0.3 is 4.40 Å². The van der Waals surface area contributed by atoms with Crippen LogP contribution in [0.1, 0.15) is 0 Å². The summed E-state index contributed by atoms with van der Waals surface area (Å²) in [5.41, 5.74) is 12.4. The lowest BCUT2D eigenvalue weighted by atomic mass is 9.97. The lowest BCUT2D eigenvalue weighted by Gasteiger charge is -2.12. The fourth-order valence-corrected chi connectivity index (χ4v) is 7.52. The van der Waals surface area contributed by atoms with Crippen LogP contribution in [0.5, 0.6) is 0 Å². The molecule has 10 aromatic rings. The van der Waals surface area contributed by atoms with E-state index in [0.29, 0.717) is 0 Å². The van der Waals surface area contributed by atoms with Crippen molar-refractivity contribution >= 4 is 49.0 Å². The highest BCUT2D eigenvalue weighted by Gasteiger charge is 2.20. The van der Waals surface area contributed by atoms with Gasteiger partial charge in [0.15, 0.2) is 5.82 Å². The highest BCUT2D eigenvalue weighted by molar-refractivity contribution is 6.22. The maximum atomic E-state index is 5.13. The van der Waals surface area contributed by atoms with E-state index in [4.69, 9.17) is 9.97 Å². The molecule has 0 aliphatic heterocycles. The molecule has 0 atom stereocenters. The van der Waals surface area contributed by atoms with Crippen molar-refractivity contribution in [3.63, 3.8) is 0 Å². The van der Waals surface area contributed by atoms with Crippen molar-refractivity contribution in [2.45, 2.75) is 0 Å². The SMILES string of the molecule is c1ccc(-c2ccc3c(-c4ccc(-c5nc(-c6ccccc6)c6ccccc6n5)cc4)c4c5ccccc5c5ccccc5n4c3c2)cc1. The minimum atomic E-state index is 0.722. The van der Waals surface area contributed by atoms with Gasteiger partial charge in [0.2, 0.25) is 0 Å². The Labute approximate surface area is 283 Å². The molecule has 10 rings (SSSR count). The summed E-state index contributed by atoms with van der Waals surface area (Å²) in [6.07, 6.45) is 0. The van der Waals surface area contributed by atoms with Crippen LogP contribution in [0, 0.1) is 0 Å². The molecule has 7 aromatic carbocycles. The summed E-state index contributed by atoms with van der Waals surface area (Å²) in [4.78, 5) is 10.2. The van der Waals surface area contributed by atoms with Crippen LogP contribution in [0.2, 0.25) is 0 Å². The zero-order valence-electron chi connectivity index (χ0n) is 26.6. The Morgan fingerprint density at radius 1 is 0.347 bits per heavy atom. The molecule has 0 amide bonds. The molecule has 49 heavy (non-hydrogen) atoms. The summed E-state index contributed by atoms with van der Waals surface area (Å²) >= 11 is 0. The molecular formula is C46H29N3. The molecule has 0 fully saturated rings. The summed E-state index contributed by atoms with van der Waals surface area (Å²) in [6.45, 7) is 0. The van der Waals surface area contributed by atoms with E-state index in [9.17, 15) is 0 Å². The fourth-order valence-electron chi connectivity index (χ4n) is 7.52. The Morgan fingerprint density at radius 2 is 0.939 bits per heavy atom. The first-order chi connectivity index (χ1) is 24.3. The molecule has 0 radical (unpaired) electrons. The Balaban J connectivity index is 1.22. The molecule has 0 unspecified atom stereocenters. The largest absolute Gasteiger partial charge is 0.308 e. The van der Waals surface area contributed by atoms with Gasteiger partial charge in [0.25, 0.3) is 0 Å². The van der Waals surface area contributed by atoms with Gasteiger partial charge in [0.05, 0.1) is 27.8 Å². The molecule has 3 nitrogen and oxygen atoms in total. The average Bonchev–Trinajstić information content (AvgIpc) is 3.53. The van der Waals surface area contributed by atoms with Crippen LogP contribution in [-0.4, -0.2) is 14.4 Å². The number of rotatable bonds is 4. The van der Waals surface area contributed by atoms with Crippen molar-refractivity contribution in [3.8, 4) is 44.9 Å². The monoisotopic (exact) mass is 623 g/mol. The third-order valence-electron chi connectivity index (χ3n) is 9.78. The molecule has 3 heteroatoms. The highest BCUT2D eigenvalue weighted by atomic mass is 14.9. The Hall–Kier alpha value is -6.58. The normalized spacial score (nSPS) is 11.7. The predicted octanol–water partition coefficient (Wildman–Crippen LogP) is 12.0. The van der Waals surface area contributed by atoms with Crippen LogP contribution in [0.4, 0.5) is 0 Å². The summed E-state index contributed by atoms with van der Waals surface area (Å²) in [6, 6.07) is 62.6. The summed E-state index contributed by atoms with van der Waals surface area (Å²) < 4.78 is 2.47. The highest BCUT2D eigenvalue weighted by Crippen LogP contribution is 2.43. The van der Waals surface area contributed by atoms with Crippen molar-refractivity contribution in [2.75, 3.05) is 0 Å². The zero-order chi connectivity index (χ0) is 32.3. The number of aromatic nitrogens is 3. The smallest absolute Gasteiger partial charge is 0.160 e. The quantitative estimate of drug-likeness (QED) is 0.183. The van der Waals surface area contributed by atoms with Crippen LogP contribution in [0.25, 0.3) is 93.9 Å². The second-order valence-electron chi connectivity index (χ2n) is 12.6. The van der Waals surface area contributed by atoms with Crippen molar-refractivity contribution < 1.29 is 0 Å². The molecule has 0 aliphatic carbocycles. The minimum absolute atomic E-state index is 0.722. The Morgan fingerprint density at radius 3 is 1.71 bits per heavy atom. The van der Waals surface area contributed by atoms with Crippen molar-refractivity contribution in [1.82, 2.24) is 14.4 Å². The van der Waals surface area contributed by atoms with Crippen LogP contribution in [0.3, 0.4) is 0 Å². The Kier molecular flexibility index (Phi) is 6.18. The number of hydrogen-bond donors (Lipinski definition) is 0. The van der Waals surface area contributed by atoms with Gasteiger partial charge in [-0.05, 0) is 40.3 Å². The molecule has 0 aliphatic rings. The maximum Gasteiger partial charge on any atom is 0.160 e. The van der Waals surface area contributed by atoms with E-state index in [0.717, 1.165) is 39.1 Å². The first kappa shape index (κ1) is 27.5. The number of fused-ring (bicyclic) bond motifs is 9. The molecule has 0 bridgehead atoms. The molecular weight excluding hydrogens is 595 g/mol. The predicted molar refractivity (Wildman–Crippen MR) is 205 cm³/mol. The number of benzene rings is 7. The number of nitrogens with zero attached hydrogens (tertiary/aromatic N) is 3. The van der Waals surface area contributed by atoms with E-state index in [-0.39, 0.29) is 0 Å². The summed E-state index contributed by atoms with van der Waals surface area (Å²) in [5.74, 6) is 0.722. The van der Waals surface area contributed by atoms with Gasteiger partial charge in [-0.15, -0.1) is 0 Å². The summed E-state index contributed by atoms with van der Waals surface area (Å²) in [7, 11) is 0. The number of pyridine rings is 1. The second kappa shape index (κ2) is 11.0. The van der Waals surface area contributed by atoms with Gasteiger partial charge in [0, 0.05) is 38.2 Å². The summed E-state index contributed by atoms with van der Waals surface area (Å²) in [5, 5.41) is 6.02. The molecule has 228 valence electrons. The standard InChI is InChI=1S/C46H29N3/c1-3-13-30(14-4-1)34-27-28-39-42(29-34)49-41-22-12-10-18-36(41)35-17-7-8-19-37(35)45(49)43(39)31-23-25-33(26-24-31)46-47-40-21-11-9-20-38(40)44(48-46)32-15-5-2-6-16-32/h1-29H. The van der Waals surface area contributed by atoms with Crippen molar-refractivity contribution in [1.29, 1.82) is 0 Å². The maximum absolute atomic E-state index is 5.13. The van der Waals surface area contributed by atoms with Gasteiger partial charge in [-0.2, -0.15) is 0 Å². The van der Waals surface area contributed by atoms with Crippen LogP contribution >= 0.6 is 0 Å². The molecule has 3 heterocycles. The zero-order valence-corrected chi connectivity index (χ0v) is 26.6. The van der Waals surface area contributed by atoms with E-state index in [1.807, 2.05) is 12.1 Å². The van der Waals surface area contributed by atoms with Crippen molar-refractivity contribution in [3.05, 3.63) is 176 Å². The van der Waals surface area contributed by atoms with Gasteiger partial charge in [0.1, 0.15) is 0 Å². The van der Waals surface area contributed by atoms with Gasteiger partial charge >= 0.3 is 0 Å². The first-order valence-corrected chi connectivity index (χ1v) is 16.7. The molecule has 3 aromatic heterocycles. The van der Waals surface area contributed by atoms with E-state index in [1.165, 1.54) is 54.8 Å². The Bertz CT molecular complexity index is 2850. The molecule has 0 saturated carbocycles. The second-order valence-corrected chi connectivity index (χ2v) is 12.6. The van der Waals surface area contributed by atoms with E-state index < -0.39 is 0 Å². The number of hydrogen-bond acceptors (Lipinski definition) is 2. The first-order valence-electron chi connectivity index (χ1n) is 16.7. The van der Waals surface area contributed by atoms with E-state index >= 15 is 0 Å². The van der Waals surface area contributed by atoms with E-state index in [2.05, 4.69) is 168 Å². The van der Waals surface area contributed by atoms with Gasteiger partial charge in [-0.1, -0.05) is 158 Å². The topological polar surface area (TPSA) is 30.2 Å². The van der Waals surface area contributed by atoms with E-state index in [1.54, 1.807) is 0 Å². The molecule has 0 N–H and O–H groups in total. The average molecular weight is 624 g/mol. The third-order valence-corrected chi connectivity index (χ3v) is 9.78.